The lowest BCUT2D eigenvalue weighted by Gasteiger charge is -2.13. The zero-order chi connectivity index (χ0) is 10.1. The van der Waals surface area contributed by atoms with Gasteiger partial charge in [-0.25, -0.2) is 0 Å². The van der Waals surface area contributed by atoms with Crippen molar-refractivity contribution in [2.45, 2.75) is 19.8 Å². The quantitative estimate of drug-likeness (QED) is 0.778. The number of hydrogen-bond acceptors (Lipinski definition) is 3. The number of rotatable bonds is 2. The first-order valence-electron chi connectivity index (χ1n) is 4.83. The normalized spacial score (nSPS) is 15.6. The maximum atomic E-state index is 5.65. The van der Waals surface area contributed by atoms with Gasteiger partial charge < -0.3 is 15.2 Å². The molecule has 0 radical (unpaired) electrons. The molecule has 0 fully saturated rings. The molecule has 1 aromatic rings. The van der Waals surface area contributed by atoms with E-state index in [0.717, 1.165) is 17.1 Å². The molecule has 0 saturated carbocycles. The predicted molar refractivity (Wildman–Crippen MR) is 54.8 cm³/mol. The fraction of sp³-hybridized carbons (Fsp3) is 0.455. The molecule has 1 unspecified atom stereocenters. The van der Waals surface area contributed by atoms with E-state index in [1.165, 1.54) is 5.56 Å². The number of benzene rings is 1. The topological polar surface area (TPSA) is 44.5 Å². The Kier molecular flexibility index (Phi) is 2.33. The summed E-state index contributed by atoms with van der Waals surface area (Å²) in [5, 5.41) is 0. The zero-order valence-corrected chi connectivity index (χ0v) is 8.54. The first kappa shape index (κ1) is 9.34. The van der Waals surface area contributed by atoms with Gasteiger partial charge in [0.25, 0.3) is 0 Å². The smallest absolute Gasteiger partial charge is 0.231 e. The molecule has 1 aliphatic rings. The van der Waals surface area contributed by atoms with Gasteiger partial charge in [0.05, 0.1) is 0 Å². The summed E-state index contributed by atoms with van der Waals surface area (Å²) >= 11 is 0. The molecule has 0 aliphatic carbocycles. The van der Waals surface area contributed by atoms with Crippen molar-refractivity contribution in [1.82, 2.24) is 0 Å². The molecule has 0 bridgehead atoms. The van der Waals surface area contributed by atoms with Gasteiger partial charge in [-0.15, -0.1) is 0 Å². The molecule has 1 heterocycles. The van der Waals surface area contributed by atoms with E-state index >= 15 is 0 Å². The maximum Gasteiger partial charge on any atom is 0.231 e. The predicted octanol–water partition coefficient (Wildman–Crippen LogP) is 1.79. The lowest BCUT2D eigenvalue weighted by atomic mass is 9.96. The van der Waals surface area contributed by atoms with Crippen molar-refractivity contribution in [3.8, 4) is 11.5 Å². The van der Waals surface area contributed by atoms with Crippen LogP contribution in [-0.4, -0.2) is 13.3 Å². The van der Waals surface area contributed by atoms with Crippen LogP contribution in [0.1, 0.15) is 24.0 Å². The minimum atomic E-state index is 0.330. The van der Waals surface area contributed by atoms with Crippen LogP contribution in [0.5, 0.6) is 11.5 Å². The van der Waals surface area contributed by atoms with Crippen LogP contribution in [0.2, 0.25) is 0 Å². The minimum Gasteiger partial charge on any atom is -0.454 e. The third-order valence-corrected chi connectivity index (χ3v) is 2.71. The molecule has 0 saturated heterocycles. The second-order valence-electron chi connectivity index (χ2n) is 3.65. The van der Waals surface area contributed by atoms with Crippen molar-refractivity contribution >= 4 is 0 Å². The van der Waals surface area contributed by atoms with E-state index in [9.17, 15) is 0 Å². The van der Waals surface area contributed by atoms with Crippen LogP contribution >= 0.6 is 0 Å². The van der Waals surface area contributed by atoms with Gasteiger partial charge in [0.2, 0.25) is 6.79 Å². The Hall–Kier alpha value is -1.22. The van der Waals surface area contributed by atoms with E-state index < -0.39 is 0 Å². The molecule has 3 heteroatoms. The molecule has 1 aliphatic heterocycles. The second-order valence-corrected chi connectivity index (χ2v) is 3.65. The molecule has 2 N–H and O–H groups in total. The van der Waals surface area contributed by atoms with E-state index in [4.69, 9.17) is 15.2 Å². The van der Waals surface area contributed by atoms with Gasteiger partial charge in [0.15, 0.2) is 11.5 Å². The third-order valence-electron chi connectivity index (χ3n) is 2.71. The Morgan fingerprint density at radius 2 is 2.21 bits per heavy atom. The minimum absolute atomic E-state index is 0.330. The highest BCUT2D eigenvalue weighted by molar-refractivity contribution is 5.52. The summed E-state index contributed by atoms with van der Waals surface area (Å²) in [7, 11) is 0. The molecule has 76 valence electrons. The van der Waals surface area contributed by atoms with Gasteiger partial charge in [-0.2, -0.15) is 0 Å². The average molecular weight is 193 g/mol. The van der Waals surface area contributed by atoms with Crippen molar-refractivity contribution in [2.24, 2.45) is 5.73 Å². The summed E-state index contributed by atoms with van der Waals surface area (Å²) in [6.07, 6.45) is 0. The molecular weight excluding hydrogens is 178 g/mol. The van der Waals surface area contributed by atoms with Crippen LogP contribution in [0.4, 0.5) is 0 Å². The van der Waals surface area contributed by atoms with E-state index in [-0.39, 0.29) is 0 Å². The van der Waals surface area contributed by atoms with Gasteiger partial charge in [-0.1, -0.05) is 13.0 Å². The molecule has 2 rings (SSSR count). The highest BCUT2D eigenvalue weighted by atomic mass is 16.7. The summed E-state index contributed by atoms with van der Waals surface area (Å²) in [4.78, 5) is 0. The summed E-state index contributed by atoms with van der Waals surface area (Å²) < 4.78 is 10.7. The Labute approximate surface area is 83.8 Å². The van der Waals surface area contributed by atoms with Gasteiger partial charge >= 0.3 is 0 Å². The van der Waals surface area contributed by atoms with Crippen molar-refractivity contribution in [1.29, 1.82) is 0 Å². The van der Waals surface area contributed by atoms with Crippen LogP contribution < -0.4 is 15.2 Å². The molecule has 0 spiro atoms. The Balaban J connectivity index is 2.44. The fourth-order valence-electron chi connectivity index (χ4n) is 1.79. The Morgan fingerprint density at radius 1 is 1.43 bits per heavy atom. The van der Waals surface area contributed by atoms with Crippen molar-refractivity contribution in [2.75, 3.05) is 13.3 Å². The monoisotopic (exact) mass is 193 g/mol. The maximum absolute atomic E-state index is 5.65. The number of fused-ring (bicyclic) bond motifs is 1. The van der Waals surface area contributed by atoms with E-state index in [1.54, 1.807) is 0 Å². The summed E-state index contributed by atoms with van der Waals surface area (Å²) in [5.74, 6) is 2.09. The first-order chi connectivity index (χ1) is 6.74. The summed E-state index contributed by atoms with van der Waals surface area (Å²) in [6.45, 7) is 5.15. The Bertz CT molecular complexity index is 349. The average Bonchev–Trinajstić information content (AvgIpc) is 2.66. The summed E-state index contributed by atoms with van der Waals surface area (Å²) in [5.41, 5.74) is 8.04. The highest BCUT2D eigenvalue weighted by Gasteiger charge is 2.19. The van der Waals surface area contributed by atoms with E-state index in [0.29, 0.717) is 19.3 Å². The second kappa shape index (κ2) is 3.50. The standard InChI is InChI=1S/C11H15NO2/c1-7(5-12)9-3-4-10-11(8(9)2)14-6-13-10/h3-4,7H,5-6,12H2,1-2H3. The molecular formula is C11H15NO2. The molecule has 0 aromatic heterocycles. The van der Waals surface area contributed by atoms with Gasteiger partial charge in [-0.05, 0) is 36.6 Å². The lowest BCUT2D eigenvalue weighted by Crippen LogP contribution is -2.10. The third kappa shape index (κ3) is 1.34. The van der Waals surface area contributed by atoms with Crippen molar-refractivity contribution in [3.63, 3.8) is 0 Å². The van der Waals surface area contributed by atoms with Crippen LogP contribution in [0.3, 0.4) is 0 Å². The molecule has 1 atom stereocenters. The number of nitrogens with two attached hydrogens (primary N) is 1. The van der Waals surface area contributed by atoms with Gasteiger partial charge in [-0.3, -0.25) is 0 Å². The molecule has 0 amide bonds. The molecule has 1 aromatic carbocycles. The van der Waals surface area contributed by atoms with Crippen LogP contribution in [0.15, 0.2) is 12.1 Å². The van der Waals surface area contributed by atoms with Gasteiger partial charge in [0, 0.05) is 0 Å². The van der Waals surface area contributed by atoms with Crippen molar-refractivity contribution < 1.29 is 9.47 Å². The number of hydrogen-bond donors (Lipinski definition) is 1. The molecule has 14 heavy (non-hydrogen) atoms. The lowest BCUT2D eigenvalue weighted by molar-refractivity contribution is 0.173. The SMILES string of the molecule is Cc1c(C(C)CN)ccc2c1OCO2. The van der Waals surface area contributed by atoms with Gasteiger partial charge in [0.1, 0.15) is 0 Å². The zero-order valence-electron chi connectivity index (χ0n) is 8.54. The highest BCUT2D eigenvalue weighted by Crippen LogP contribution is 2.38. The number of ether oxygens (including phenoxy) is 2. The fourth-order valence-corrected chi connectivity index (χ4v) is 1.79. The van der Waals surface area contributed by atoms with Crippen molar-refractivity contribution in [3.05, 3.63) is 23.3 Å². The summed E-state index contributed by atoms with van der Waals surface area (Å²) in [6, 6.07) is 4.03. The van der Waals surface area contributed by atoms with E-state index in [2.05, 4.69) is 19.9 Å². The largest absolute Gasteiger partial charge is 0.454 e. The van der Waals surface area contributed by atoms with Crippen LogP contribution in [0.25, 0.3) is 0 Å². The van der Waals surface area contributed by atoms with Crippen LogP contribution in [-0.2, 0) is 0 Å². The first-order valence-corrected chi connectivity index (χ1v) is 4.83. The Morgan fingerprint density at radius 3 is 2.93 bits per heavy atom. The van der Waals surface area contributed by atoms with Crippen LogP contribution in [0, 0.1) is 6.92 Å². The molecule has 3 nitrogen and oxygen atoms in total. The van der Waals surface area contributed by atoms with E-state index in [1.807, 2.05) is 6.07 Å².